The Morgan fingerprint density at radius 3 is 2.21 bits per heavy atom. The highest BCUT2D eigenvalue weighted by molar-refractivity contribution is 6.43. The van der Waals surface area contributed by atoms with Crippen molar-refractivity contribution in [1.82, 2.24) is 25.5 Å². The highest BCUT2D eigenvalue weighted by atomic mass is 16.4. The molecule has 3 amide bonds. The normalized spacial score (nSPS) is 15.4. The van der Waals surface area contributed by atoms with Crippen LogP contribution in [-0.4, -0.2) is 116 Å². The maximum Gasteiger partial charge on any atom is 0.475 e. The highest BCUT2D eigenvalue weighted by Crippen LogP contribution is 2.20. The maximum atomic E-state index is 13.0. The van der Waals surface area contributed by atoms with Gasteiger partial charge in [-0.25, -0.2) is 4.98 Å². The van der Waals surface area contributed by atoms with E-state index in [0.29, 0.717) is 87.7 Å². The van der Waals surface area contributed by atoms with E-state index in [1.54, 1.807) is 31.2 Å². The molecule has 18 heteroatoms. The predicted molar refractivity (Wildman–Crippen MR) is 207 cm³/mol. The zero-order valence-corrected chi connectivity index (χ0v) is 32.0. The van der Waals surface area contributed by atoms with E-state index < -0.39 is 54.6 Å². The molecule has 1 aliphatic rings. The third kappa shape index (κ3) is 15.7. The minimum Gasteiger partial charge on any atom is -0.481 e. The number of nitrogens with one attached hydrogen (secondary N) is 4. The number of aromatic amines is 1. The Morgan fingerprint density at radius 1 is 0.946 bits per heavy atom. The number of carboxylic acids is 1. The fraction of sp³-hybridized carbons (Fsp3) is 0.579. The summed E-state index contributed by atoms with van der Waals surface area (Å²) in [6, 6.07) is 4.71. The number of Topliss-reactive ketones (excluding diaryl/α,β-unsaturated/α-hetero) is 3. The van der Waals surface area contributed by atoms with Gasteiger partial charge in [-0.15, -0.1) is 0 Å². The zero-order chi connectivity index (χ0) is 41.0. The van der Waals surface area contributed by atoms with E-state index in [2.05, 4.69) is 25.9 Å². The molecule has 56 heavy (non-hydrogen) atoms. The lowest BCUT2D eigenvalue weighted by Crippen LogP contribution is -2.52. The van der Waals surface area contributed by atoms with Gasteiger partial charge >= 0.3 is 13.1 Å². The van der Waals surface area contributed by atoms with Crippen LogP contribution in [0.1, 0.15) is 106 Å². The summed E-state index contributed by atoms with van der Waals surface area (Å²) < 4.78 is 0. The van der Waals surface area contributed by atoms with E-state index in [-0.39, 0.29) is 49.8 Å². The fourth-order valence-electron chi connectivity index (χ4n) is 6.64. The summed E-state index contributed by atoms with van der Waals surface area (Å²) in [5.74, 6) is -4.33. The Kier molecular flexibility index (Phi) is 19.4. The van der Waals surface area contributed by atoms with Crippen LogP contribution in [0.5, 0.6) is 0 Å². The second-order valence-corrected chi connectivity index (χ2v) is 14.3. The lowest BCUT2D eigenvalue weighted by Gasteiger charge is -2.27. The van der Waals surface area contributed by atoms with Crippen molar-refractivity contribution in [2.45, 2.75) is 115 Å². The van der Waals surface area contributed by atoms with Crippen molar-refractivity contribution in [2.24, 2.45) is 11.7 Å². The molecule has 4 atom stereocenters. The zero-order valence-electron chi connectivity index (χ0n) is 32.0. The summed E-state index contributed by atoms with van der Waals surface area (Å²) in [6.07, 6.45) is 9.24. The summed E-state index contributed by atoms with van der Waals surface area (Å²) in [4.78, 5) is 95.1. The Balaban J connectivity index is 1.25. The first-order valence-corrected chi connectivity index (χ1v) is 19.4. The summed E-state index contributed by atoms with van der Waals surface area (Å²) in [5.41, 5.74) is 6.98. The first kappa shape index (κ1) is 45.5. The number of unbranched alkanes of at least 4 members (excludes halogenated alkanes) is 4. The molecule has 306 valence electrons. The van der Waals surface area contributed by atoms with Crippen molar-refractivity contribution < 1.29 is 48.7 Å². The average Bonchev–Trinajstić information content (AvgIpc) is 3.89. The number of carbonyl (C=O) groups excluding carboxylic acids is 6. The van der Waals surface area contributed by atoms with Gasteiger partial charge in [-0.2, -0.15) is 0 Å². The quantitative estimate of drug-likeness (QED) is 0.0470. The number of H-pyrrole nitrogens is 1. The van der Waals surface area contributed by atoms with Gasteiger partial charge < -0.3 is 46.7 Å². The summed E-state index contributed by atoms with van der Waals surface area (Å²) in [6.45, 7) is 1.75. The van der Waals surface area contributed by atoms with E-state index in [4.69, 9.17) is 5.73 Å². The van der Waals surface area contributed by atoms with Crippen LogP contribution >= 0.6 is 0 Å². The van der Waals surface area contributed by atoms with E-state index in [1.165, 1.54) is 17.4 Å². The van der Waals surface area contributed by atoms with Crippen molar-refractivity contribution in [1.29, 1.82) is 0 Å². The van der Waals surface area contributed by atoms with Crippen LogP contribution in [-0.2, 0) is 35.2 Å². The molecule has 1 aromatic heterocycles. The van der Waals surface area contributed by atoms with Gasteiger partial charge in [0.15, 0.2) is 11.6 Å². The molecule has 2 heterocycles. The molecular formula is C38H56BN7O10. The highest BCUT2D eigenvalue weighted by Gasteiger charge is 2.38. The van der Waals surface area contributed by atoms with Gasteiger partial charge in [0.2, 0.25) is 11.8 Å². The van der Waals surface area contributed by atoms with Gasteiger partial charge in [0.05, 0.1) is 37.3 Å². The van der Waals surface area contributed by atoms with E-state index in [9.17, 15) is 48.7 Å². The minimum atomic E-state index is -1.63. The number of hydrogen-bond donors (Lipinski definition) is 8. The smallest absolute Gasteiger partial charge is 0.475 e. The van der Waals surface area contributed by atoms with Crippen LogP contribution < -0.4 is 21.7 Å². The van der Waals surface area contributed by atoms with Crippen molar-refractivity contribution >= 4 is 53.8 Å². The number of amides is 3. The number of benzene rings is 1. The number of imidazole rings is 1. The van der Waals surface area contributed by atoms with Crippen LogP contribution in [0, 0.1) is 5.92 Å². The molecule has 1 aromatic carbocycles. The number of nitrogens with two attached hydrogens (primary N) is 1. The topological polar surface area (TPSA) is 274 Å². The minimum absolute atomic E-state index is 0.00806. The fourth-order valence-corrected chi connectivity index (χ4v) is 6.64. The van der Waals surface area contributed by atoms with Gasteiger partial charge in [-0.1, -0.05) is 19.3 Å². The number of hydrogen-bond acceptors (Lipinski definition) is 12. The number of ketones is 3. The van der Waals surface area contributed by atoms with Gasteiger partial charge in [0.1, 0.15) is 11.8 Å². The lowest BCUT2D eigenvalue weighted by molar-refractivity contribution is -0.144. The van der Waals surface area contributed by atoms with Crippen LogP contribution in [0.25, 0.3) is 0 Å². The first-order valence-electron chi connectivity index (χ1n) is 19.4. The van der Waals surface area contributed by atoms with Crippen LogP contribution in [0.15, 0.2) is 36.8 Å². The molecule has 1 fully saturated rings. The Morgan fingerprint density at radius 2 is 1.61 bits per heavy atom. The number of carboxylic acid groups (broad SMARTS) is 1. The third-order valence-electron chi connectivity index (χ3n) is 9.89. The van der Waals surface area contributed by atoms with Gasteiger partial charge in [0.25, 0.3) is 5.91 Å². The molecule has 0 aliphatic carbocycles. The SMILES string of the molecule is C[C@@H](NC(=O)c1ccc(NCC(=O)CCCCCC(=O)CCCCC[C@H](CC(=O)[C@H](Cc2cnc[nH]2)NC(=O)CN)C(=O)O)cc1)C(=O)N1CCC[C@H]1B(O)O. The van der Waals surface area contributed by atoms with Gasteiger partial charge in [-0.05, 0) is 69.7 Å². The number of carbonyl (C=O) groups is 7. The molecule has 0 bridgehead atoms. The second-order valence-electron chi connectivity index (χ2n) is 14.3. The molecule has 1 saturated heterocycles. The molecule has 1 aliphatic heterocycles. The summed E-state index contributed by atoms with van der Waals surface area (Å²) in [7, 11) is -1.63. The van der Waals surface area contributed by atoms with Crippen molar-refractivity contribution in [2.75, 3.05) is 25.0 Å². The molecule has 0 saturated carbocycles. The Hall–Kier alpha value is -4.94. The number of rotatable bonds is 27. The Labute approximate surface area is 327 Å². The molecule has 3 rings (SSSR count). The van der Waals surface area contributed by atoms with Crippen LogP contribution in [0.2, 0.25) is 0 Å². The molecule has 0 spiro atoms. The lowest BCUT2D eigenvalue weighted by atomic mass is 9.78. The third-order valence-corrected chi connectivity index (χ3v) is 9.89. The maximum absolute atomic E-state index is 13.0. The van der Waals surface area contributed by atoms with Gasteiger partial charge in [0, 0.05) is 61.8 Å². The van der Waals surface area contributed by atoms with Crippen LogP contribution in [0.4, 0.5) is 5.69 Å². The number of aromatic nitrogens is 2. The number of likely N-dealkylation sites (tertiary alicyclic amines) is 1. The van der Waals surface area contributed by atoms with E-state index in [1.807, 2.05) is 0 Å². The molecule has 2 aromatic rings. The van der Waals surface area contributed by atoms with Crippen molar-refractivity contribution in [3.8, 4) is 0 Å². The molecule has 0 unspecified atom stereocenters. The van der Waals surface area contributed by atoms with Crippen molar-refractivity contribution in [3.05, 3.63) is 48.0 Å². The van der Waals surface area contributed by atoms with Crippen molar-refractivity contribution in [3.63, 3.8) is 0 Å². The number of nitrogens with zero attached hydrogens (tertiary/aromatic N) is 2. The summed E-state index contributed by atoms with van der Waals surface area (Å²) in [5, 5.41) is 37.0. The van der Waals surface area contributed by atoms with E-state index >= 15 is 0 Å². The molecule has 17 nitrogen and oxygen atoms in total. The number of aliphatic carboxylic acids is 1. The monoisotopic (exact) mass is 781 g/mol. The average molecular weight is 782 g/mol. The molecule has 0 radical (unpaired) electrons. The molecule has 9 N–H and O–H groups in total. The van der Waals surface area contributed by atoms with Crippen LogP contribution in [0.3, 0.4) is 0 Å². The predicted octanol–water partition coefficient (Wildman–Crippen LogP) is 1.33. The Bertz CT molecular complexity index is 1610. The molecular weight excluding hydrogens is 725 g/mol. The second kappa shape index (κ2) is 23.9. The van der Waals surface area contributed by atoms with E-state index in [0.717, 1.165) is 6.42 Å². The standard InChI is InChI=1S/C38H56BN7O10/c1-25(37(52)46-18-8-13-34(46)39(55)56)44-36(51)26-14-16-28(17-15-26)42-23-31(48)12-7-3-6-11-30(47)10-5-2-4-9-27(38(53)54)19-33(49)32(45-35(50)21-40)20-29-22-41-24-43-29/h14-17,22,24-25,27,32,34,42,55-56H,2-13,18-21,23,40H2,1H3,(H,41,43)(H,44,51)(H,45,50)(H,53,54)/t25-,27-,32+,34+/m1/s1. The first-order chi connectivity index (χ1) is 26.8. The largest absolute Gasteiger partial charge is 0.481 e. The summed E-state index contributed by atoms with van der Waals surface area (Å²) >= 11 is 0. The number of anilines is 1. The van der Waals surface area contributed by atoms with Gasteiger partial charge in [-0.3, -0.25) is 33.6 Å².